The van der Waals surface area contributed by atoms with Crippen molar-refractivity contribution in [2.75, 3.05) is 6.54 Å². The van der Waals surface area contributed by atoms with Gasteiger partial charge >= 0.3 is 5.97 Å². The fourth-order valence-corrected chi connectivity index (χ4v) is 1.86. The Morgan fingerprint density at radius 3 is 2.65 bits per heavy atom. The van der Waals surface area contributed by atoms with Gasteiger partial charge in [0.05, 0.1) is 0 Å². The van der Waals surface area contributed by atoms with E-state index in [0.29, 0.717) is 19.4 Å². The van der Waals surface area contributed by atoms with Gasteiger partial charge in [0.25, 0.3) is 0 Å². The van der Waals surface area contributed by atoms with E-state index in [4.69, 9.17) is 17.3 Å². The van der Waals surface area contributed by atoms with Gasteiger partial charge in [-0.15, -0.1) is 6.42 Å². The Balaban J connectivity index is 2.67. The number of nitrogens with zero attached hydrogens (tertiary/aromatic N) is 1. The number of aliphatic carboxylic acids is 1. The largest absolute Gasteiger partial charge is 0.480 e. The lowest BCUT2D eigenvalue weighted by molar-refractivity contribution is -0.148. The summed E-state index contributed by atoms with van der Waals surface area (Å²) in [5, 5.41) is 8.91. The Labute approximate surface area is 98.8 Å². The summed E-state index contributed by atoms with van der Waals surface area (Å²) in [6, 6.07) is -0.811. The van der Waals surface area contributed by atoms with Gasteiger partial charge in [0.1, 0.15) is 12.0 Å². The van der Waals surface area contributed by atoms with Gasteiger partial charge in [-0.25, -0.2) is 4.79 Å². The van der Waals surface area contributed by atoms with Crippen LogP contribution in [0.2, 0.25) is 0 Å². The summed E-state index contributed by atoms with van der Waals surface area (Å²) in [6.07, 6.45) is 5.92. The molecular weight excluding hydrogens is 224 g/mol. The normalized spacial score (nSPS) is 20.6. The van der Waals surface area contributed by atoms with Crippen molar-refractivity contribution < 1.29 is 19.5 Å². The lowest BCUT2D eigenvalue weighted by atomic mass is 10.1. The maximum Gasteiger partial charge on any atom is 0.326 e. The molecule has 0 spiro atoms. The zero-order chi connectivity index (χ0) is 13.0. The summed E-state index contributed by atoms with van der Waals surface area (Å²) in [5.41, 5.74) is 5.02. The Hall–Kier alpha value is -2.03. The molecule has 1 saturated heterocycles. The van der Waals surface area contributed by atoms with Gasteiger partial charge in [-0.05, 0) is 12.8 Å². The second-order valence-electron chi connectivity index (χ2n) is 3.91. The van der Waals surface area contributed by atoms with Crippen molar-refractivity contribution in [2.24, 2.45) is 11.7 Å². The summed E-state index contributed by atoms with van der Waals surface area (Å²) in [5.74, 6) is -1.06. The van der Waals surface area contributed by atoms with E-state index in [1.807, 2.05) is 0 Å². The number of terminal acetylenes is 1. The quantitative estimate of drug-likeness (QED) is 0.625. The highest BCUT2D eigenvalue weighted by molar-refractivity contribution is 5.89. The van der Waals surface area contributed by atoms with Crippen molar-refractivity contribution in [3.8, 4) is 12.3 Å². The minimum absolute atomic E-state index is 0.227. The van der Waals surface area contributed by atoms with Crippen molar-refractivity contribution in [1.82, 2.24) is 4.90 Å². The molecule has 2 atom stereocenters. The van der Waals surface area contributed by atoms with Crippen LogP contribution in [0.15, 0.2) is 0 Å². The van der Waals surface area contributed by atoms with E-state index in [2.05, 4.69) is 5.92 Å². The molecule has 1 heterocycles. The summed E-state index contributed by atoms with van der Waals surface area (Å²) in [4.78, 5) is 34.8. The van der Waals surface area contributed by atoms with Crippen LogP contribution in [0, 0.1) is 18.3 Å². The van der Waals surface area contributed by atoms with Crippen LogP contribution >= 0.6 is 0 Å². The fraction of sp³-hybridized carbons (Fsp3) is 0.545. The van der Waals surface area contributed by atoms with Gasteiger partial charge in [0.15, 0.2) is 0 Å². The molecule has 1 fully saturated rings. The molecule has 0 bridgehead atoms. The first kappa shape index (κ1) is 13.0. The Morgan fingerprint density at radius 1 is 1.53 bits per heavy atom. The SMILES string of the molecule is C#CC(CC(=O)N1CCC[C@H]1C(=O)O)C(N)=O. The number of nitrogens with two attached hydrogens (primary N) is 1. The number of carboxylic acid groups (broad SMARTS) is 1. The molecule has 0 aliphatic carbocycles. The first-order valence-corrected chi connectivity index (χ1v) is 5.25. The maximum atomic E-state index is 11.8. The van der Waals surface area contributed by atoms with Crippen LogP contribution in [-0.4, -0.2) is 40.4 Å². The van der Waals surface area contributed by atoms with Crippen molar-refractivity contribution in [3.63, 3.8) is 0 Å². The van der Waals surface area contributed by atoms with E-state index in [-0.39, 0.29) is 6.42 Å². The first-order chi connectivity index (χ1) is 7.97. The molecule has 1 rings (SSSR count). The van der Waals surface area contributed by atoms with E-state index in [1.54, 1.807) is 0 Å². The summed E-state index contributed by atoms with van der Waals surface area (Å²) in [6.45, 7) is 0.381. The molecule has 0 radical (unpaired) electrons. The molecule has 0 aromatic heterocycles. The number of primary amides is 1. The molecule has 17 heavy (non-hydrogen) atoms. The lowest BCUT2D eigenvalue weighted by Crippen LogP contribution is -2.42. The number of hydrogen-bond acceptors (Lipinski definition) is 3. The standard InChI is InChI=1S/C11H14N2O4/c1-2-7(10(12)15)6-9(14)13-5-3-4-8(13)11(16)17/h1,7-8H,3-6H2,(H2,12,15)(H,16,17)/t7?,8-/m0/s1. The third kappa shape index (κ3) is 2.97. The molecule has 0 aromatic rings. The average molecular weight is 238 g/mol. The molecule has 0 saturated carbocycles. The minimum atomic E-state index is -1.04. The molecule has 92 valence electrons. The molecule has 1 unspecified atom stereocenters. The zero-order valence-electron chi connectivity index (χ0n) is 9.26. The van der Waals surface area contributed by atoms with Crippen LogP contribution in [0.1, 0.15) is 19.3 Å². The van der Waals surface area contributed by atoms with E-state index < -0.39 is 29.7 Å². The third-order valence-electron chi connectivity index (χ3n) is 2.78. The molecule has 6 nitrogen and oxygen atoms in total. The van der Waals surface area contributed by atoms with Gasteiger partial charge in [-0.1, -0.05) is 5.92 Å². The molecule has 6 heteroatoms. The van der Waals surface area contributed by atoms with Gasteiger partial charge in [0.2, 0.25) is 11.8 Å². The number of rotatable bonds is 4. The topological polar surface area (TPSA) is 101 Å². The van der Waals surface area contributed by atoms with Crippen LogP contribution < -0.4 is 5.73 Å². The Bertz CT molecular complexity index is 385. The predicted molar refractivity (Wildman–Crippen MR) is 58.5 cm³/mol. The van der Waals surface area contributed by atoms with Gasteiger partial charge in [0, 0.05) is 13.0 Å². The highest BCUT2D eigenvalue weighted by Crippen LogP contribution is 2.19. The summed E-state index contributed by atoms with van der Waals surface area (Å²) < 4.78 is 0. The highest BCUT2D eigenvalue weighted by atomic mass is 16.4. The molecule has 0 aromatic carbocycles. The van der Waals surface area contributed by atoms with Crippen LogP contribution in [0.4, 0.5) is 0 Å². The predicted octanol–water partition coefficient (Wildman–Crippen LogP) is -0.813. The van der Waals surface area contributed by atoms with Crippen LogP contribution in [0.25, 0.3) is 0 Å². The maximum absolute atomic E-state index is 11.8. The number of carbonyl (C=O) groups excluding carboxylic acids is 2. The number of likely N-dealkylation sites (tertiary alicyclic amines) is 1. The van der Waals surface area contributed by atoms with Crippen LogP contribution in [0.5, 0.6) is 0 Å². The smallest absolute Gasteiger partial charge is 0.326 e. The van der Waals surface area contributed by atoms with E-state index in [1.165, 1.54) is 4.90 Å². The highest BCUT2D eigenvalue weighted by Gasteiger charge is 2.34. The number of hydrogen-bond donors (Lipinski definition) is 2. The summed E-state index contributed by atoms with van der Waals surface area (Å²) >= 11 is 0. The van der Waals surface area contributed by atoms with E-state index in [0.717, 1.165) is 0 Å². The number of carbonyl (C=O) groups is 3. The molecule has 3 N–H and O–H groups in total. The molecule has 2 amide bonds. The molecule has 1 aliphatic rings. The zero-order valence-corrected chi connectivity index (χ0v) is 9.26. The first-order valence-electron chi connectivity index (χ1n) is 5.25. The van der Waals surface area contributed by atoms with Gasteiger partial charge in [-0.3, -0.25) is 9.59 Å². The van der Waals surface area contributed by atoms with Crippen LogP contribution in [-0.2, 0) is 14.4 Å². The van der Waals surface area contributed by atoms with E-state index >= 15 is 0 Å². The average Bonchev–Trinajstić information content (AvgIpc) is 2.73. The Morgan fingerprint density at radius 2 is 2.18 bits per heavy atom. The van der Waals surface area contributed by atoms with Crippen molar-refractivity contribution in [1.29, 1.82) is 0 Å². The second kappa shape index (κ2) is 5.34. The lowest BCUT2D eigenvalue weighted by Gasteiger charge is -2.22. The van der Waals surface area contributed by atoms with Gasteiger partial charge in [-0.2, -0.15) is 0 Å². The Kier molecular flexibility index (Phi) is 4.10. The third-order valence-corrected chi connectivity index (χ3v) is 2.78. The molecular formula is C11H14N2O4. The number of carboxylic acids is 1. The fourth-order valence-electron chi connectivity index (χ4n) is 1.86. The van der Waals surface area contributed by atoms with Crippen molar-refractivity contribution in [3.05, 3.63) is 0 Å². The van der Waals surface area contributed by atoms with Crippen molar-refractivity contribution in [2.45, 2.75) is 25.3 Å². The molecule has 1 aliphatic heterocycles. The second-order valence-corrected chi connectivity index (χ2v) is 3.91. The summed E-state index contributed by atoms with van der Waals surface area (Å²) in [7, 11) is 0. The van der Waals surface area contributed by atoms with Gasteiger partial charge < -0.3 is 15.7 Å². The monoisotopic (exact) mass is 238 g/mol. The van der Waals surface area contributed by atoms with E-state index in [9.17, 15) is 14.4 Å². The van der Waals surface area contributed by atoms with Crippen molar-refractivity contribution >= 4 is 17.8 Å². The minimum Gasteiger partial charge on any atom is -0.480 e. The van der Waals surface area contributed by atoms with Crippen LogP contribution in [0.3, 0.4) is 0 Å². The number of amides is 2.